The van der Waals surface area contributed by atoms with Gasteiger partial charge in [-0.15, -0.1) is 0 Å². The van der Waals surface area contributed by atoms with E-state index in [1.54, 1.807) is 0 Å². The maximum atomic E-state index is 5.30. The molecule has 2 heteroatoms. The Labute approximate surface area is 361 Å². The van der Waals surface area contributed by atoms with Crippen LogP contribution in [0.5, 0.6) is 0 Å². The van der Waals surface area contributed by atoms with Gasteiger partial charge in [0.15, 0.2) is 0 Å². The van der Waals surface area contributed by atoms with Crippen LogP contribution in [-0.4, -0.2) is 12.4 Å². The van der Waals surface area contributed by atoms with Crippen molar-refractivity contribution in [1.29, 1.82) is 0 Å². The minimum Gasteiger partial charge on any atom is -0.280 e. The number of hydrogen-bond acceptors (Lipinski definition) is 2. The van der Waals surface area contributed by atoms with E-state index in [1.807, 2.05) is 44.2 Å². The SMILES string of the molecule is C=C/C(=C\C=C/C)c1ccc(/C(=C/C(=NCc2cccc(-c3cccc4c5ccccc5c(cc3)/C=C\C=C/4)c2)c2ccc(-c3cccc(C=C)c3/C=C\C)cc2)N=C)cc1. The van der Waals surface area contributed by atoms with E-state index in [0.717, 1.165) is 72.6 Å². The normalized spacial score (nSPS) is 13.8. The van der Waals surface area contributed by atoms with E-state index in [4.69, 9.17) is 4.99 Å². The van der Waals surface area contributed by atoms with Gasteiger partial charge in [0, 0.05) is 5.56 Å². The minimum absolute atomic E-state index is 0.471. The predicted molar refractivity (Wildman–Crippen MR) is 269 cm³/mol. The second-order valence-electron chi connectivity index (χ2n) is 14.6. The highest BCUT2D eigenvalue weighted by Crippen LogP contribution is 2.30. The summed E-state index contributed by atoms with van der Waals surface area (Å²) in [4.78, 5) is 9.82. The van der Waals surface area contributed by atoms with Gasteiger partial charge in [-0.2, -0.15) is 0 Å². The fourth-order valence-electron chi connectivity index (χ4n) is 7.56. The van der Waals surface area contributed by atoms with E-state index in [1.165, 1.54) is 21.9 Å². The van der Waals surface area contributed by atoms with Crippen LogP contribution in [0, 0.1) is 0 Å². The highest BCUT2D eigenvalue weighted by molar-refractivity contribution is 6.12. The summed E-state index contributed by atoms with van der Waals surface area (Å²) in [6, 6.07) is 51.5. The van der Waals surface area contributed by atoms with Gasteiger partial charge in [-0.25, -0.2) is 0 Å². The second kappa shape index (κ2) is 20.3. The average molecular weight is 787 g/mol. The molecule has 1 aliphatic carbocycles. The first-order valence-corrected chi connectivity index (χ1v) is 20.7. The number of benzene rings is 5. The molecule has 1 aliphatic rings. The third kappa shape index (κ3) is 9.96. The van der Waals surface area contributed by atoms with Crippen molar-refractivity contribution in [3.05, 3.63) is 252 Å². The zero-order valence-corrected chi connectivity index (χ0v) is 35.0. The first-order valence-electron chi connectivity index (χ1n) is 20.7. The van der Waals surface area contributed by atoms with Gasteiger partial charge in [-0.3, -0.25) is 9.98 Å². The van der Waals surface area contributed by atoms with Crippen molar-refractivity contribution in [2.45, 2.75) is 20.4 Å². The first kappa shape index (κ1) is 41.5. The number of hydrogen-bond donors (Lipinski definition) is 0. The van der Waals surface area contributed by atoms with Crippen LogP contribution in [-0.2, 0) is 6.54 Å². The van der Waals surface area contributed by atoms with Crippen molar-refractivity contribution in [3.8, 4) is 22.3 Å². The molecule has 0 radical (unpaired) electrons. The van der Waals surface area contributed by atoms with Gasteiger partial charge in [-0.05, 0) is 110 Å². The Morgan fingerprint density at radius 3 is 1.95 bits per heavy atom. The Balaban J connectivity index is 1.28. The highest BCUT2D eigenvalue weighted by Gasteiger charge is 2.11. The van der Waals surface area contributed by atoms with Crippen molar-refractivity contribution in [3.63, 3.8) is 0 Å². The van der Waals surface area contributed by atoms with Gasteiger partial charge in [0.1, 0.15) is 0 Å². The van der Waals surface area contributed by atoms with E-state index < -0.39 is 0 Å². The topological polar surface area (TPSA) is 24.7 Å². The standard InChI is InChI=1S/C59H50N2/c1-6-10-20-44(8-3)47-31-36-51(37-32-47)58(60-5)41-59(52-38-34-50(35-39-52)57-29-17-23-45(9-4)54(57)18-7-2)61-42-43-19-15-26-53(40-43)46-24-16-25-48-21-11-12-22-49(33-30-46)56-28-14-13-27-55(48)56/h6-41H,3-5,42H2,1-2H3/b10-6-,12-11?,18-7-,21-11-,22-12-,24-16?,25-16?,33-30?,44-20+,46-24?,46-30?,48-21?,48-25?,49-22?,49-33?,55-48?,56-49?,58-41-,61-59?. The summed E-state index contributed by atoms with van der Waals surface area (Å²) in [6.07, 6.45) is 24.7. The molecule has 2 bridgehead atoms. The fourth-order valence-corrected chi connectivity index (χ4v) is 7.56. The third-order valence-corrected chi connectivity index (χ3v) is 10.7. The maximum absolute atomic E-state index is 5.30. The molecule has 0 fully saturated rings. The van der Waals surface area contributed by atoms with Crippen LogP contribution in [0.15, 0.2) is 217 Å². The minimum atomic E-state index is 0.471. The molecule has 0 spiro atoms. The predicted octanol–water partition coefficient (Wildman–Crippen LogP) is 15.9. The molecule has 0 saturated heterocycles. The van der Waals surface area contributed by atoms with Crippen molar-refractivity contribution in [2.75, 3.05) is 0 Å². The maximum Gasteiger partial charge on any atom is 0.0716 e. The highest BCUT2D eigenvalue weighted by atomic mass is 14.8. The van der Waals surface area contributed by atoms with Gasteiger partial charge < -0.3 is 0 Å². The Kier molecular flexibility index (Phi) is 13.8. The molecule has 0 heterocycles. The molecular formula is C59H50N2. The molecule has 6 aromatic carbocycles. The van der Waals surface area contributed by atoms with Crippen molar-refractivity contribution < 1.29 is 0 Å². The molecule has 0 aromatic heterocycles. The Bertz CT molecular complexity index is 2870. The molecule has 0 unspecified atom stereocenters. The van der Waals surface area contributed by atoms with Crippen LogP contribution in [0.25, 0.3) is 68.6 Å². The molecule has 6 aromatic rings. The van der Waals surface area contributed by atoms with Crippen LogP contribution in [0.2, 0.25) is 0 Å². The fraction of sp³-hybridized carbons (Fsp3) is 0.0508. The first-order chi connectivity index (χ1) is 30.0. The summed E-state index contributed by atoms with van der Waals surface area (Å²) >= 11 is 0. The van der Waals surface area contributed by atoms with Crippen LogP contribution < -0.4 is 0 Å². The monoisotopic (exact) mass is 786 g/mol. The number of aliphatic imine (C=N–C) groups is 2. The van der Waals surface area contributed by atoms with E-state index in [-0.39, 0.29) is 0 Å². The Morgan fingerprint density at radius 2 is 1.26 bits per heavy atom. The number of nitrogens with zero attached hydrogens (tertiary/aromatic N) is 2. The van der Waals surface area contributed by atoms with Crippen LogP contribution in [0.1, 0.15) is 58.4 Å². The zero-order valence-electron chi connectivity index (χ0n) is 35.0. The zero-order chi connectivity index (χ0) is 42.4. The van der Waals surface area contributed by atoms with Crippen LogP contribution in [0.3, 0.4) is 0 Å². The molecule has 61 heavy (non-hydrogen) atoms. The molecule has 0 N–H and O–H groups in total. The molecule has 0 amide bonds. The molecular weight excluding hydrogens is 737 g/mol. The Hall–Kier alpha value is -7.68. The van der Waals surface area contributed by atoms with Crippen LogP contribution in [0.4, 0.5) is 0 Å². The lowest BCUT2D eigenvalue weighted by Gasteiger charge is -2.12. The molecule has 7 rings (SSSR count). The van der Waals surface area contributed by atoms with Gasteiger partial charge in [0.2, 0.25) is 0 Å². The van der Waals surface area contributed by atoms with Gasteiger partial charge in [-0.1, -0.05) is 220 Å². The molecule has 0 aliphatic heterocycles. The van der Waals surface area contributed by atoms with Crippen LogP contribution >= 0.6 is 0 Å². The second-order valence-corrected chi connectivity index (χ2v) is 14.6. The van der Waals surface area contributed by atoms with Crippen molar-refractivity contribution >= 4 is 58.8 Å². The summed E-state index contributed by atoms with van der Waals surface area (Å²) in [7, 11) is 0. The number of allylic oxidation sites excluding steroid dienone is 9. The summed E-state index contributed by atoms with van der Waals surface area (Å²) in [6.45, 7) is 16.6. The largest absolute Gasteiger partial charge is 0.280 e. The van der Waals surface area contributed by atoms with Gasteiger partial charge >= 0.3 is 0 Å². The van der Waals surface area contributed by atoms with E-state index >= 15 is 0 Å². The molecule has 0 saturated carbocycles. The smallest absolute Gasteiger partial charge is 0.0716 e. The average Bonchev–Trinajstić information content (AvgIpc) is 3.30. The van der Waals surface area contributed by atoms with E-state index in [9.17, 15) is 0 Å². The van der Waals surface area contributed by atoms with Gasteiger partial charge in [0.25, 0.3) is 0 Å². The van der Waals surface area contributed by atoms with Crippen molar-refractivity contribution in [1.82, 2.24) is 0 Å². The molecule has 2 nitrogen and oxygen atoms in total. The van der Waals surface area contributed by atoms with E-state index in [2.05, 4.69) is 213 Å². The summed E-state index contributed by atoms with van der Waals surface area (Å²) < 4.78 is 0. The summed E-state index contributed by atoms with van der Waals surface area (Å²) in [5.74, 6) is 0. The summed E-state index contributed by atoms with van der Waals surface area (Å²) in [5, 5.41) is 2.44. The van der Waals surface area contributed by atoms with Gasteiger partial charge in [0.05, 0.1) is 18.0 Å². The molecule has 296 valence electrons. The Morgan fingerprint density at radius 1 is 0.607 bits per heavy atom. The van der Waals surface area contributed by atoms with E-state index in [0.29, 0.717) is 6.54 Å². The lowest BCUT2D eigenvalue weighted by molar-refractivity contribution is 1.07. The summed E-state index contributed by atoms with van der Waals surface area (Å²) in [5.41, 5.74) is 15.8. The number of rotatable bonds is 13. The third-order valence-electron chi connectivity index (χ3n) is 10.7. The molecule has 0 atom stereocenters. The van der Waals surface area contributed by atoms with Crippen molar-refractivity contribution in [2.24, 2.45) is 9.98 Å². The lowest BCUT2D eigenvalue weighted by Crippen LogP contribution is -2.00. The lowest BCUT2D eigenvalue weighted by atomic mass is 9.93. The quantitative estimate of drug-likeness (QED) is 0.0823.